The normalized spacial score (nSPS) is 11.5. The number of sulfone groups is 1. The Balaban J connectivity index is 1.64. The van der Waals surface area contributed by atoms with Crippen LogP contribution < -0.4 is 5.56 Å². The van der Waals surface area contributed by atoms with E-state index < -0.39 is 9.84 Å². The van der Waals surface area contributed by atoms with E-state index in [-0.39, 0.29) is 17.0 Å². The molecule has 8 nitrogen and oxygen atoms in total. The van der Waals surface area contributed by atoms with Gasteiger partial charge in [-0.15, -0.1) is 0 Å². The molecule has 0 bridgehead atoms. The van der Waals surface area contributed by atoms with Gasteiger partial charge in [-0.25, -0.2) is 13.1 Å². The Morgan fingerprint density at radius 2 is 1.77 bits per heavy atom. The second-order valence-corrected chi connectivity index (χ2v) is 8.86. The second kappa shape index (κ2) is 7.68. The van der Waals surface area contributed by atoms with Gasteiger partial charge in [0.15, 0.2) is 9.84 Å². The molecule has 0 unspecified atom stereocenters. The van der Waals surface area contributed by atoms with Gasteiger partial charge in [0.2, 0.25) is 11.7 Å². The largest absolute Gasteiger partial charge is 0.339 e. The molecule has 0 aliphatic carbocycles. The molecular formula is C21H18N4O4S. The average Bonchev–Trinajstić information content (AvgIpc) is 3.16. The van der Waals surface area contributed by atoms with Crippen molar-refractivity contribution in [3.8, 4) is 22.6 Å². The molecule has 4 rings (SSSR count). The number of benzene rings is 2. The van der Waals surface area contributed by atoms with E-state index in [0.717, 1.165) is 17.4 Å². The molecule has 0 N–H and O–H groups in total. The van der Waals surface area contributed by atoms with E-state index in [0.29, 0.717) is 23.0 Å². The minimum absolute atomic E-state index is 0.230. The first-order chi connectivity index (χ1) is 14.3. The SMILES string of the molecule is Cc1nc(-c2cccc(Cn3nc(-c4ccc(S(C)(=O)=O)cc4)ccc3=O)c2)no1. The molecule has 2 aromatic heterocycles. The van der Waals surface area contributed by atoms with Crippen LogP contribution >= 0.6 is 0 Å². The molecule has 0 saturated heterocycles. The number of aromatic nitrogens is 4. The van der Waals surface area contributed by atoms with E-state index in [1.165, 1.54) is 22.9 Å². The highest BCUT2D eigenvalue weighted by molar-refractivity contribution is 7.90. The van der Waals surface area contributed by atoms with Gasteiger partial charge >= 0.3 is 0 Å². The number of hydrogen-bond acceptors (Lipinski definition) is 7. The van der Waals surface area contributed by atoms with Crippen LogP contribution in [0.4, 0.5) is 0 Å². The maximum atomic E-state index is 12.3. The van der Waals surface area contributed by atoms with Crippen molar-refractivity contribution >= 4 is 9.84 Å². The van der Waals surface area contributed by atoms with Crippen LogP contribution in [0.2, 0.25) is 0 Å². The van der Waals surface area contributed by atoms with Gasteiger partial charge in [0.25, 0.3) is 5.56 Å². The first-order valence-corrected chi connectivity index (χ1v) is 11.0. The van der Waals surface area contributed by atoms with Crippen LogP contribution in [-0.4, -0.2) is 34.6 Å². The fourth-order valence-corrected chi connectivity index (χ4v) is 3.62. The van der Waals surface area contributed by atoms with Gasteiger partial charge in [0.1, 0.15) is 0 Å². The summed E-state index contributed by atoms with van der Waals surface area (Å²) in [5, 5.41) is 8.36. The summed E-state index contributed by atoms with van der Waals surface area (Å²) in [5.74, 6) is 0.956. The molecule has 0 saturated carbocycles. The highest BCUT2D eigenvalue weighted by Gasteiger charge is 2.10. The quantitative estimate of drug-likeness (QED) is 0.486. The molecule has 152 valence electrons. The Kier molecular flexibility index (Phi) is 5.04. The highest BCUT2D eigenvalue weighted by atomic mass is 32.2. The zero-order valence-corrected chi connectivity index (χ0v) is 17.1. The van der Waals surface area contributed by atoms with Gasteiger partial charge in [-0.2, -0.15) is 10.1 Å². The lowest BCUT2D eigenvalue weighted by Gasteiger charge is -2.08. The van der Waals surface area contributed by atoms with E-state index in [4.69, 9.17) is 4.52 Å². The maximum Gasteiger partial charge on any atom is 0.267 e. The fraction of sp³-hybridized carbons (Fsp3) is 0.143. The lowest BCUT2D eigenvalue weighted by molar-refractivity contribution is 0.394. The van der Waals surface area contributed by atoms with Crippen LogP contribution in [0.5, 0.6) is 0 Å². The Morgan fingerprint density at radius 3 is 2.43 bits per heavy atom. The summed E-state index contributed by atoms with van der Waals surface area (Å²) in [5.41, 5.74) is 2.68. The summed E-state index contributed by atoms with van der Waals surface area (Å²) < 4.78 is 29.7. The zero-order chi connectivity index (χ0) is 21.3. The third-order valence-electron chi connectivity index (χ3n) is 4.49. The van der Waals surface area contributed by atoms with Crippen LogP contribution in [-0.2, 0) is 16.4 Å². The second-order valence-electron chi connectivity index (χ2n) is 6.85. The Labute approximate surface area is 172 Å². The standard InChI is InChI=1S/C21H18N4O4S/c1-14-22-21(24-29-14)17-5-3-4-15(12-17)13-25-20(26)11-10-19(23-25)16-6-8-18(9-7-16)30(2,27)28/h3-12H,13H2,1-2H3. The molecule has 0 aliphatic heterocycles. The number of aryl methyl sites for hydroxylation is 1. The molecule has 2 heterocycles. The fourth-order valence-electron chi connectivity index (χ4n) is 2.99. The van der Waals surface area contributed by atoms with E-state index in [1.54, 1.807) is 25.1 Å². The molecule has 0 spiro atoms. The van der Waals surface area contributed by atoms with Crippen molar-refractivity contribution in [2.24, 2.45) is 0 Å². The van der Waals surface area contributed by atoms with Crippen LogP contribution in [0.3, 0.4) is 0 Å². The zero-order valence-electron chi connectivity index (χ0n) is 16.3. The van der Waals surface area contributed by atoms with E-state index >= 15 is 0 Å². The molecule has 0 amide bonds. The minimum atomic E-state index is -3.28. The molecular weight excluding hydrogens is 404 g/mol. The smallest absolute Gasteiger partial charge is 0.267 e. The van der Waals surface area contributed by atoms with Gasteiger partial charge < -0.3 is 4.52 Å². The Morgan fingerprint density at radius 1 is 1.00 bits per heavy atom. The molecule has 0 aliphatic rings. The van der Waals surface area contributed by atoms with E-state index in [9.17, 15) is 13.2 Å². The van der Waals surface area contributed by atoms with Crippen molar-refractivity contribution < 1.29 is 12.9 Å². The van der Waals surface area contributed by atoms with E-state index in [2.05, 4.69) is 15.2 Å². The third-order valence-corrected chi connectivity index (χ3v) is 5.62. The van der Waals surface area contributed by atoms with Crippen molar-refractivity contribution in [1.82, 2.24) is 19.9 Å². The molecule has 0 fully saturated rings. The summed E-state index contributed by atoms with van der Waals surface area (Å²) in [6.07, 6.45) is 1.16. The third kappa shape index (κ3) is 4.20. The molecule has 2 aromatic carbocycles. The van der Waals surface area contributed by atoms with Crippen molar-refractivity contribution in [2.75, 3.05) is 6.26 Å². The number of hydrogen-bond donors (Lipinski definition) is 0. The summed E-state index contributed by atoms with van der Waals surface area (Å²) >= 11 is 0. The van der Waals surface area contributed by atoms with Gasteiger partial charge in [0, 0.05) is 30.4 Å². The van der Waals surface area contributed by atoms with Gasteiger partial charge in [-0.05, 0) is 29.8 Å². The first kappa shape index (κ1) is 19.7. The summed E-state index contributed by atoms with van der Waals surface area (Å²) in [7, 11) is -3.28. The Hall–Kier alpha value is -3.59. The number of nitrogens with zero attached hydrogens (tertiary/aromatic N) is 4. The van der Waals surface area contributed by atoms with Crippen LogP contribution in [0.15, 0.2) is 74.9 Å². The van der Waals surface area contributed by atoms with Gasteiger partial charge in [-0.3, -0.25) is 4.79 Å². The molecule has 9 heteroatoms. The number of rotatable bonds is 5. The Bertz CT molecular complexity index is 1370. The molecule has 4 aromatic rings. The minimum Gasteiger partial charge on any atom is -0.339 e. The van der Waals surface area contributed by atoms with E-state index in [1.807, 2.05) is 24.3 Å². The van der Waals surface area contributed by atoms with Crippen LogP contribution in [0.1, 0.15) is 11.5 Å². The summed E-state index contributed by atoms with van der Waals surface area (Å²) in [6.45, 7) is 1.98. The van der Waals surface area contributed by atoms with Crippen molar-refractivity contribution in [3.63, 3.8) is 0 Å². The lowest BCUT2D eigenvalue weighted by atomic mass is 10.1. The van der Waals surface area contributed by atoms with Crippen molar-refractivity contribution in [3.05, 3.63) is 82.5 Å². The first-order valence-electron chi connectivity index (χ1n) is 9.08. The maximum absolute atomic E-state index is 12.3. The predicted octanol–water partition coefficient (Wildman–Crippen LogP) is 2.72. The molecule has 0 radical (unpaired) electrons. The van der Waals surface area contributed by atoms with Crippen LogP contribution in [0, 0.1) is 6.92 Å². The summed E-state index contributed by atoms with van der Waals surface area (Å²) in [6, 6.07) is 16.9. The monoisotopic (exact) mass is 422 g/mol. The van der Waals surface area contributed by atoms with Crippen molar-refractivity contribution in [1.29, 1.82) is 0 Å². The van der Waals surface area contributed by atoms with Crippen LogP contribution in [0.25, 0.3) is 22.6 Å². The lowest BCUT2D eigenvalue weighted by Crippen LogP contribution is -2.22. The topological polar surface area (TPSA) is 108 Å². The highest BCUT2D eigenvalue weighted by Crippen LogP contribution is 2.20. The van der Waals surface area contributed by atoms with Gasteiger partial charge in [0.05, 0.1) is 17.1 Å². The molecule has 30 heavy (non-hydrogen) atoms. The average molecular weight is 422 g/mol. The predicted molar refractivity (Wildman–Crippen MR) is 111 cm³/mol. The van der Waals surface area contributed by atoms with Crippen molar-refractivity contribution in [2.45, 2.75) is 18.4 Å². The summed E-state index contributed by atoms with van der Waals surface area (Å²) in [4.78, 5) is 16.8. The van der Waals surface area contributed by atoms with Gasteiger partial charge in [-0.1, -0.05) is 35.5 Å². The molecule has 0 atom stereocenters.